The van der Waals surface area contributed by atoms with Crippen molar-refractivity contribution in [2.45, 2.75) is 52.1 Å². The van der Waals surface area contributed by atoms with Gasteiger partial charge in [0.2, 0.25) is 5.91 Å². The summed E-state index contributed by atoms with van der Waals surface area (Å²) < 4.78 is 13.5. The number of rotatable bonds is 7. The molecule has 0 radical (unpaired) electrons. The quantitative estimate of drug-likeness (QED) is 0.808. The van der Waals surface area contributed by atoms with Gasteiger partial charge in [-0.15, -0.1) is 0 Å². The summed E-state index contributed by atoms with van der Waals surface area (Å²) in [6, 6.07) is 6.53. The van der Waals surface area contributed by atoms with Crippen molar-refractivity contribution in [3.05, 3.63) is 35.6 Å². The maximum absolute atomic E-state index is 13.5. The third-order valence-electron chi connectivity index (χ3n) is 5.21. The monoisotopic (exact) mass is 363 g/mol. The Morgan fingerprint density at radius 3 is 2.58 bits per heavy atom. The number of nitrogens with zero attached hydrogens (tertiary/aromatic N) is 2. The van der Waals surface area contributed by atoms with Gasteiger partial charge in [-0.3, -0.25) is 9.69 Å². The second-order valence-corrected chi connectivity index (χ2v) is 8.39. The molecule has 0 spiro atoms. The van der Waals surface area contributed by atoms with Crippen molar-refractivity contribution in [3.63, 3.8) is 0 Å². The predicted molar refractivity (Wildman–Crippen MR) is 104 cm³/mol. The van der Waals surface area contributed by atoms with Crippen LogP contribution in [0.1, 0.15) is 45.6 Å². The highest BCUT2D eigenvalue weighted by atomic mass is 19.1. The van der Waals surface area contributed by atoms with Crippen LogP contribution < -0.4 is 5.32 Å². The van der Waals surface area contributed by atoms with Crippen molar-refractivity contribution in [1.82, 2.24) is 15.1 Å². The molecular formula is C21H34FN3O. The lowest BCUT2D eigenvalue weighted by Gasteiger charge is -2.38. The minimum atomic E-state index is -0.297. The number of hydrogen-bond donors (Lipinski definition) is 1. The lowest BCUT2D eigenvalue weighted by Crippen LogP contribution is -2.50. The lowest BCUT2D eigenvalue weighted by atomic mass is 9.93. The summed E-state index contributed by atoms with van der Waals surface area (Å²) in [5.41, 5.74) is 0.535. The largest absolute Gasteiger partial charge is 0.332 e. The van der Waals surface area contributed by atoms with E-state index in [-0.39, 0.29) is 17.3 Å². The van der Waals surface area contributed by atoms with E-state index in [1.807, 2.05) is 38.8 Å². The van der Waals surface area contributed by atoms with Gasteiger partial charge in [0.25, 0.3) is 0 Å². The average molecular weight is 364 g/mol. The molecule has 1 aromatic carbocycles. The molecule has 0 atom stereocenters. The van der Waals surface area contributed by atoms with Crippen LogP contribution >= 0.6 is 0 Å². The van der Waals surface area contributed by atoms with Crippen LogP contribution in [0.25, 0.3) is 0 Å². The van der Waals surface area contributed by atoms with Crippen LogP contribution in [0.2, 0.25) is 0 Å². The number of hydrogen-bond acceptors (Lipinski definition) is 3. The summed E-state index contributed by atoms with van der Waals surface area (Å²) in [7, 11) is 1.99. The molecule has 5 heteroatoms. The fourth-order valence-corrected chi connectivity index (χ4v) is 3.58. The minimum Gasteiger partial charge on any atom is -0.332 e. The lowest BCUT2D eigenvalue weighted by molar-refractivity contribution is -0.138. The van der Waals surface area contributed by atoms with E-state index in [0.717, 1.165) is 44.0 Å². The number of carbonyl (C=O) groups is 1. The van der Waals surface area contributed by atoms with Crippen LogP contribution in [0, 0.1) is 11.7 Å². The molecule has 0 aliphatic carbocycles. The highest BCUT2D eigenvalue weighted by molar-refractivity contribution is 5.79. The number of nitrogens with one attached hydrogen (secondary N) is 1. The van der Waals surface area contributed by atoms with Gasteiger partial charge >= 0.3 is 0 Å². The van der Waals surface area contributed by atoms with Gasteiger partial charge in [0.15, 0.2) is 0 Å². The molecule has 0 saturated carbocycles. The molecule has 1 aliphatic heterocycles. The van der Waals surface area contributed by atoms with Crippen LogP contribution in [0.15, 0.2) is 24.3 Å². The Bertz CT molecular complexity index is 577. The number of piperidine rings is 1. The Morgan fingerprint density at radius 2 is 2.00 bits per heavy atom. The number of halogens is 1. The SMILES string of the molecule is CNCCC1CCN(CC(=O)N(Cc2cccc(F)c2)C(C)(C)C)CC1. The Morgan fingerprint density at radius 1 is 1.31 bits per heavy atom. The zero-order chi connectivity index (χ0) is 19.2. The van der Waals surface area contributed by atoms with Crippen LogP contribution in [0.5, 0.6) is 0 Å². The summed E-state index contributed by atoms with van der Waals surface area (Å²) in [5.74, 6) is 0.628. The average Bonchev–Trinajstić information content (AvgIpc) is 2.58. The molecule has 1 N–H and O–H groups in total. The standard InChI is InChI=1S/C21H34FN3O/c1-21(2,3)25(15-18-6-5-7-19(22)14-18)20(26)16-24-12-9-17(10-13-24)8-11-23-4/h5-7,14,17,23H,8-13,15-16H2,1-4H3. The van der Waals surface area contributed by atoms with Gasteiger partial charge in [-0.2, -0.15) is 0 Å². The Hall–Kier alpha value is -1.46. The summed E-state index contributed by atoms with van der Waals surface area (Å²) in [5, 5.41) is 3.22. The third-order valence-corrected chi connectivity index (χ3v) is 5.21. The Labute approximate surface area is 157 Å². The topological polar surface area (TPSA) is 35.6 Å². The van der Waals surface area contributed by atoms with E-state index in [4.69, 9.17) is 0 Å². The van der Waals surface area contributed by atoms with E-state index in [0.29, 0.717) is 13.1 Å². The van der Waals surface area contributed by atoms with Crippen LogP contribution in [0.3, 0.4) is 0 Å². The molecule has 0 unspecified atom stereocenters. The molecule has 1 aromatic rings. The molecule has 26 heavy (non-hydrogen) atoms. The zero-order valence-electron chi connectivity index (χ0n) is 16.7. The highest BCUT2D eigenvalue weighted by Gasteiger charge is 2.29. The highest BCUT2D eigenvalue weighted by Crippen LogP contribution is 2.22. The first-order valence-electron chi connectivity index (χ1n) is 9.71. The summed E-state index contributed by atoms with van der Waals surface area (Å²) in [6.07, 6.45) is 3.54. The molecule has 146 valence electrons. The number of carbonyl (C=O) groups excluding carboxylic acids is 1. The van der Waals surface area contributed by atoms with Crippen LogP contribution in [0.4, 0.5) is 4.39 Å². The molecule has 4 nitrogen and oxygen atoms in total. The molecule has 0 aromatic heterocycles. The second kappa shape index (κ2) is 9.47. The van der Waals surface area contributed by atoms with Crippen LogP contribution in [-0.4, -0.2) is 54.5 Å². The molecule has 0 bridgehead atoms. The van der Waals surface area contributed by atoms with E-state index >= 15 is 0 Å². The fraction of sp³-hybridized carbons (Fsp3) is 0.667. The van der Waals surface area contributed by atoms with E-state index in [9.17, 15) is 9.18 Å². The zero-order valence-corrected chi connectivity index (χ0v) is 16.7. The van der Waals surface area contributed by atoms with Crippen molar-refractivity contribution in [2.24, 2.45) is 5.92 Å². The first-order valence-corrected chi connectivity index (χ1v) is 9.71. The molecule has 1 heterocycles. The Balaban J connectivity index is 1.93. The van der Waals surface area contributed by atoms with Crippen molar-refractivity contribution < 1.29 is 9.18 Å². The van der Waals surface area contributed by atoms with Crippen molar-refractivity contribution in [3.8, 4) is 0 Å². The molecule has 1 fully saturated rings. The van der Waals surface area contributed by atoms with Crippen molar-refractivity contribution in [2.75, 3.05) is 33.2 Å². The fourth-order valence-electron chi connectivity index (χ4n) is 3.58. The molecule has 1 amide bonds. The number of benzene rings is 1. The van der Waals surface area contributed by atoms with Crippen LogP contribution in [-0.2, 0) is 11.3 Å². The van der Waals surface area contributed by atoms with Gasteiger partial charge in [0, 0.05) is 12.1 Å². The van der Waals surface area contributed by atoms with E-state index in [2.05, 4.69) is 10.2 Å². The molecular weight excluding hydrogens is 329 g/mol. The Kier molecular flexibility index (Phi) is 7.59. The van der Waals surface area contributed by atoms with E-state index in [1.165, 1.54) is 18.6 Å². The number of likely N-dealkylation sites (tertiary alicyclic amines) is 1. The maximum Gasteiger partial charge on any atom is 0.237 e. The normalized spacial score (nSPS) is 16.7. The van der Waals surface area contributed by atoms with Crippen molar-refractivity contribution >= 4 is 5.91 Å². The van der Waals surface area contributed by atoms with Gasteiger partial charge in [0.1, 0.15) is 5.82 Å². The molecule has 1 saturated heterocycles. The molecule has 2 rings (SSSR count). The summed E-state index contributed by atoms with van der Waals surface area (Å²) >= 11 is 0. The third kappa shape index (κ3) is 6.36. The van der Waals surface area contributed by atoms with Gasteiger partial charge in [0.05, 0.1) is 6.54 Å². The summed E-state index contributed by atoms with van der Waals surface area (Å²) in [4.78, 5) is 17.1. The minimum absolute atomic E-state index is 0.121. The van der Waals surface area contributed by atoms with Gasteiger partial charge in [-0.25, -0.2) is 4.39 Å². The molecule has 1 aliphatic rings. The van der Waals surface area contributed by atoms with E-state index in [1.54, 1.807) is 6.07 Å². The summed E-state index contributed by atoms with van der Waals surface area (Å²) in [6.45, 7) is 10.0. The van der Waals surface area contributed by atoms with Gasteiger partial charge in [-0.1, -0.05) is 12.1 Å². The van der Waals surface area contributed by atoms with E-state index < -0.39 is 0 Å². The smallest absolute Gasteiger partial charge is 0.237 e. The maximum atomic E-state index is 13.5. The second-order valence-electron chi connectivity index (χ2n) is 8.39. The van der Waals surface area contributed by atoms with Crippen molar-refractivity contribution in [1.29, 1.82) is 0 Å². The van der Waals surface area contributed by atoms with Gasteiger partial charge < -0.3 is 10.2 Å². The predicted octanol–water partition coefficient (Wildman–Crippen LogP) is 3.27. The first-order chi connectivity index (χ1) is 12.3. The van der Waals surface area contributed by atoms with Gasteiger partial charge in [-0.05, 0) is 90.3 Å². The number of amides is 1. The first kappa shape index (κ1) is 20.8.